The third-order valence-corrected chi connectivity index (χ3v) is 5.33. The molecule has 1 aromatic heterocycles. The average molecular weight is 459 g/mol. The number of hydrogen-bond donors (Lipinski definition) is 0. The predicted octanol–water partition coefficient (Wildman–Crippen LogP) is 2.85. The second kappa shape index (κ2) is 11.4. The van der Waals surface area contributed by atoms with Crippen LogP contribution in [0.25, 0.3) is 0 Å². The van der Waals surface area contributed by atoms with Crippen LogP contribution in [0.4, 0.5) is 0 Å². The molecule has 0 bridgehead atoms. The molecular formula is C24H30N2O7. The molecule has 1 saturated heterocycles. The number of methoxy groups -OCH3 is 1. The molecule has 0 radical (unpaired) electrons. The maximum atomic E-state index is 12.5. The van der Waals surface area contributed by atoms with Crippen LogP contribution in [-0.4, -0.2) is 74.1 Å². The molecule has 0 N–H and O–H groups in total. The number of ether oxygens (including phenoxy) is 3. The Morgan fingerprint density at radius 3 is 2.39 bits per heavy atom. The van der Waals surface area contributed by atoms with E-state index in [1.807, 2.05) is 0 Å². The fourth-order valence-electron chi connectivity index (χ4n) is 3.34. The minimum Gasteiger partial charge on any atom is -0.493 e. The molecule has 0 unspecified atom stereocenters. The lowest BCUT2D eigenvalue weighted by Crippen LogP contribution is -2.51. The van der Waals surface area contributed by atoms with E-state index in [9.17, 15) is 14.4 Å². The van der Waals surface area contributed by atoms with E-state index in [1.165, 1.54) is 19.4 Å². The van der Waals surface area contributed by atoms with Gasteiger partial charge in [0.15, 0.2) is 23.9 Å². The minimum atomic E-state index is -0.623. The van der Waals surface area contributed by atoms with Crippen LogP contribution in [0.1, 0.15) is 41.2 Å². The van der Waals surface area contributed by atoms with E-state index in [4.69, 9.17) is 18.6 Å². The zero-order chi connectivity index (χ0) is 23.8. The summed E-state index contributed by atoms with van der Waals surface area (Å²) in [5.41, 5.74) is 0.268. The summed E-state index contributed by atoms with van der Waals surface area (Å²) in [7, 11) is 1.50. The summed E-state index contributed by atoms with van der Waals surface area (Å²) >= 11 is 0. The number of hydrogen-bond acceptors (Lipinski definition) is 7. The van der Waals surface area contributed by atoms with Gasteiger partial charge in [-0.05, 0) is 42.7 Å². The first-order chi connectivity index (χ1) is 15.9. The van der Waals surface area contributed by atoms with E-state index in [1.54, 1.807) is 34.1 Å². The number of nitrogens with zero attached hydrogens (tertiary/aromatic N) is 2. The van der Waals surface area contributed by atoms with Crippen LogP contribution >= 0.6 is 0 Å². The molecule has 0 spiro atoms. The molecule has 2 amide bonds. The van der Waals surface area contributed by atoms with Crippen molar-refractivity contribution in [3.8, 4) is 11.5 Å². The highest BCUT2D eigenvalue weighted by Gasteiger charge is 2.26. The van der Waals surface area contributed by atoms with Crippen molar-refractivity contribution in [2.75, 3.05) is 46.5 Å². The monoisotopic (exact) mass is 458 g/mol. The van der Waals surface area contributed by atoms with E-state index < -0.39 is 5.97 Å². The molecule has 1 aliphatic heterocycles. The van der Waals surface area contributed by atoms with Crippen LogP contribution in [0, 0.1) is 5.92 Å². The second-order valence-electron chi connectivity index (χ2n) is 8.12. The highest BCUT2D eigenvalue weighted by Crippen LogP contribution is 2.28. The quantitative estimate of drug-likeness (QED) is 0.533. The van der Waals surface area contributed by atoms with Crippen molar-refractivity contribution in [2.24, 2.45) is 5.92 Å². The molecule has 33 heavy (non-hydrogen) atoms. The van der Waals surface area contributed by atoms with Gasteiger partial charge in [-0.15, -0.1) is 0 Å². The number of furan rings is 1. The molecule has 0 saturated carbocycles. The Balaban J connectivity index is 1.47. The van der Waals surface area contributed by atoms with Crippen molar-refractivity contribution in [3.63, 3.8) is 0 Å². The van der Waals surface area contributed by atoms with Gasteiger partial charge in [-0.3, -0.25) is 9.59 Å². The molecule has 1 aliphatic rings. The zero-order valence-corrected chi connectivity index (χ0v) is 19.2. The maximum Gasteiger partial charge on any atom is 0.338 e. The minimum absolute atomic E-state index is 0.205. The van der Waals surface area contributed by atoms with E-state index in [0.717, 1.165) is 6.42 Å². The number of piperazine rings is 1. The van der Waals surface area contributed by atoms with E-state index in [-0.39, 0.29) is 29.7 Å². The van der Waals surface area contributed by atoms with Gasteiger partial charge in [0.2, 0.25) is 0 Å². The van der Waals surface area contributed by atoms with Gasteiger partial charge in [0.05, 0.1) is 25.5 Å². The SMILES string of the molecule is COc1cc(C(=O)OCC(=O)N2CCN(C(=O)c3ccco3)CC2)ccc1OCCC(C)C. The van der Waals surface area contributed by atoms with Crippen LogP contribution < -0.4 is 9.47 Å². The summed E-state index contributed by atoms with van der Waals surface area (Å²) in [5.74, 6) is 0.627. The predicted molar refractivity (Wildman–Crippen MR) is 119 cm³/mol. The zero-order valence-electron chi connectivity index (χ0n) is 19.2. The summed E-state index contributed by atoms with van der Waals surface area (Å²) in [6.45, 7) is 5.89. The Hall–Kier alpha value is -3.49. The van der Waals surface area contributed by atoms with E-state index in [2.05, 4.69) is 13.8 Å². The molecule has 1 aromatic carbocycles. The summed E-state index contributed by atoms with van der Waals surface area (Å²) in [6.07, 6.45) is 2.35. The standard InChI is InChI=1S/C24H30N2O7/c1-17(2)8-14-32-19-7-6-18(15-21(19)30-3)24(29)33-16-22(27)25-9-11-26(12-10-25)23(28)20-5-4-13-31-20/h4-7,13,15,17H,8-12,14,16H2,1-3H3. The van der Waals surface area contributed by atoms with Crippen LogP contribution in [0.2, 0.25) is 0 Å². The molecular weight excluding hydrogens is 428 g/mol. The Morgan fingerprint density at radius 1 is 1.03 bits per heavy atom. The van der Waals surface area contributed by atoms with Crippen LogP contribution in [0.5, 0.6) is 11.5 Å². The lowest BCUT2D eigenvalue weighted by atomic mass is 10.1. The highest BCUT2D eigenvalue weighted by molar-refractivity contribution is 5.93. The van der Waals surface area contributed by atoms with Gasteiger partial charge >= 0.3 is 5.97 Å². The number of esters is 1. The number of benzene rings is 1. The molecule has 0 aliphatic carbocycles. The summed E-state index contributed by atoms with van der Waals surface area (Å²) in [6, 6.07) is 8.05. The Kier molecular flexibility index (Phi) is 8.34. The van der Waals surface area contributed by atoms with Crippen LogP contribution in [-0.2, 0) is 9.53 Å². The van der Waals surface area contributed by atoms with Gasteiger partial charge in [-0.1, -0.05) is 13.8 Å². The fourth-order valence-corrected chi connectivity index (χ4v) is 3.34. The highest BCUT2D eigenvalue weighted by atomic mass is 16.5. The molecule has 178 valence electrons. The van der Waals surface area contributed by atoms with Crippen molar-refractivity contribution >= 4 is 17.8 Å². The topological polar surface area (TPSA) is 98.5 Å². The van der Waals surface area contributed by atoms with Gasteiger partial charge in [-0.25, -0.2) is 4.79 Å². The van der Waals surface area contributed by atoms with Gasteiger partial charge < -0.3 is 28.4 Å². The third kappa shape index (κ3) is 6.50. The molecule has 2 heterocycles. The van der Waals surface area contributed by atoms with Crippen molar-refractivity contribution in [3.05, 3.63) is 47.9 Å². The lowest BCUT2D eigenvalue weighted by molar-refractivity contribution is -0.136. The van der Waals surface area contributed by atoms with Crippen LogP contribution in [0.15, 0.2) is 41.0 Å². The first-order valence-corrected chi connectivity index (χ1v) is 11.0. The van der Waals surface area contributed by atoms with Crippen molar-refractivity contribution in [1.82, 2.24) is 9.80 Å². The van der Waals surface area contributed by atoms with Crippen molar-refractivity contribution in [1.29, 1.82) is 0 Å². The summed E-state index contributed by atoms with van der Waals surface area (Å²) < 4.78 is 21.4. The Labute approximate surface area is 193 Å². The smallest absolute Gasteiger partial charge is 0.338 e. The molecule has 1 fully saturated rings. The lowest BCUT2D eigenvalue weighted by Gasteiger charge is -2.34. The van der Waals surface area contributed by atoms with Gasteiger partial charge in [0, 0.05) is 26.2 Å². The Morgan fingerprint density at radius 2 is 1.76 bits per heavy atom. The first-order valence-electron chi connectivity index (χ1n) is 11.0. The van der Waals surface area contributed by atoms with Gasteiger partial charge in [-0.2, -0.15) is 0 Å². The second-order valence-corrected chi connectivity index (χ2v) is 8.12. The first kappa shape index (κ1) is 24.2. The van der Waals surface area contributed by atoms with Crippen molar-refractivity contribution in [2.45, 2.75) is 20.3 Å². The number of carbonyl (C=O) groups excluding carboxylic acids is 3. The molecule has 3 rings (SSSR count). The van der Waals surface area contributed by atoms with Crippen molar-refractivity contribution < 1.29 is 33.0 Å². The summed E-state index contributed by atoms with van der Waals surface area (Å²) in [4.78, 5) is 40.4. The Bertz CT molecular complexity index is 948. The number of amides is 2. The number of rotatable bonds is 9. The third-order valence-electron chi connectivity index (χ3n) is 5.33. The molecule has 9 heteroatoms. The van der Waals surface area contributed by atoms with E-state index in [0.29, 0.717) is 50.2 Å². The largest absolute Gasteiger partial charge is 0.493 e. The fraction of sp³-hybridized carbons (Fsp3) is 0.458. The normalized spacial score (nSPS) is 13.7. The maximum absolute atomic E-state index is 12.5. The average Bonchev–Trinajstić information content (AvgIpc) is 3.37. The molecule has 0 atom stereocenters. The van der Waals surface area contributed by atoms with Gasteiger partial charge in [0.1, 0.15) is 0 Å². The number of carbonyl (C=O) groups is 3. The molecule has 2 aromatic rings. The molecule has 9 nitrogen and oxygen atoms in total. The summed E-state index contributed by atoms with van der Waals surface area (Å²) in [5, 5.41) is 0. The van der Waals surface area contributed by atoms with Crippen LogP contribution in [0.3, 0.4) is 0 Å². The van der Waals surface area contributed by atoms with E-state index >= 15 is 0 Å². The van der Waals surface area contributed by atoms with Gasteiger partial charge in [0.25, 0.3) is 11.8 Å².